The zero-order chi connectivity index (χ0) is 13.5. The van der Waals surface area contributed by atoms with Gasteiger partial charge in [-0.3, -0.25) is 4.90 Å². The van der Waals surface area contributed by atoms with Crippen LogP contribution in [0.5, 0.6) is 0 Å². The van der Waals surface area contributed by atoms with Gasteiger partial charge >= 0.3 is 0 Å². The molecular weight excluding hydrogens is 236 g/mol. The van der Waals surface area contributed by atoms with Gasteiger partial charge in [-0.1, -0.05) is 12.5 Å². The second-order valence-corrected chi connectivity index (χ2v) is 5.32. The van der Waals surface area contributed by atoms with Crippen LogP contribution in [-0.4, -0.2) is 49.2 Å². The fraction of sp³-hybridized carbons (Fsp3) is 0.667. The number of nitrogens with zero attached hydrogens (tertiary/aromatic N) is 3. The number of aromatic nitrogens is 1. The molecule has 1 saturated heterocycles. The van der Waals surface area contributed by atoms with E-state index >= 15 is 0 Å². The standard InChI is InChI=1S/C15H26N4/c1-14-6-5-8-17-15(14)19-12-10-18(11-13-19)9-4-2-3-7-16/h5-6,8H,2-4,7,9-13,16H2,1H3. The van der Waals surface area contributed by atoms with Gasteiger partial charge in [0.25, 0.3) is 0 Å². The van der Waals surface area contributed by atoms with E-state index in [2.05, 4.69) is 27.8 Å². The van der Waals surface area contributed by atoms with Crippen LogP contribution < -0.4 is 10.6 Å². The molecule has 2 N–H and O–H groups in total. The van der Waals surface area contributed by atoms with Crippen molar-refractivity contribution in [2.45, 2.75) is 26.2 Å². The normalized spacial score (nSPS) is 16.8. The minimum Gasteiger partial charge on any atom is -0.354 e. The molecule has 1 aromatic heterocycles. The lowest BCUT2D eigenvalue weighted by molar-refractivity contribution is 0.252. The first kappa shape index (κ1) is 14.3. The van der Waals surface area contributed by atoms with E-state index in [-0.39, 0.29) is 0 Å². The molecule has 0 bridgehead atoms. The van der Waals surface area contributed by atoms with Crippen LogP contribution in [0.3, 0.4) is 0 Å². The molecule has 0 radical (unpaired) electrons. The second kappa shape index (κ2) is 7.46. The van der Waals surface area contributed by atoms with Crippen LogP contribution in [0.4, 0.5) is 5.82 Å². The van der Waals surface area contributed by atoms with Gasteiger partial charge in [0.15, 0.2) is 0 Å². The smallest absolute Gasteiger partial charge is 0.131 e. The van der Waals surface area contributed by atoms with Gasteiger partial charge in [-0.2, -0.15) is 0 Å². The van der Waals surface area contributed by atoms with Gasteiger partial charge in [0, 0.05) is 32.4 Å². The van der Waals surface area contributed by atoms with Gasteiger partial charge in [0.2, 0.25) is 0 Å². The number of pyridine rings is 1. The first-order valence-corrected chi connectivity index (χ1v) is 7.40. The molecular formula is C15H26N4. The molecule has 4 heteroatoms. The van der Waals surface area contributed by atoms with Crippen LogP contribution in [0.2, 0.25) is 0 Å². The Morgan fingerprint density at radius 2 is 1.95 bits per heavy atom. The van der Waals surface area contributed by atoms with E-state index in [0.29, 0.717) is 0 Å². The molecule has 0 saturated carbocycles. The Bertz CT molecular complexity index is 372. The summed E-state index contributed by atoms with van der Waals surface area (Å²) in [5.41, 5.74) is 6.79. The molecule has 2 heterocycles. The van der Waals surface area contributed by atoms with Gasteiger partial charge in [0.05, 0.1) is 0 Å². The highest BCUT2D eigenvalue weighted by atomic mass is 15.3. The predicted octanol–water partition coefficient (Wildman–Crippen LogP) is 1.64. The largest absolute Gasteiger partial charge is 0.354 e. The van der Waals surface area contributed by atoms with Crippen LogP contribution in [0.25, 0.3) is 0 Å². The van der Waals surface area contributed by atoms with Crippen LogP contribution >= 0.6 is 0 Å². The molecule has 0 amide bonds. The third-order valence-corrected chi connectivity index (χ3v) is 3.83. The lowest BCUT2D eigenvalue weighted by Crippen LogP contribution is -2.47. The van der Waals surface area contributed by atoms with E-state index in [0.717, 1.165) is 45.0 Å². The summed E-state index contributed by atoms with van der Waals surface area (Å²) in [5.74, 6) is 1.16. The van der Waals surface area contributed by atoms with E-state index < -0.39 is 0 Å². The van der Waals surface area contributed by atoms with Crippen LogP contribution in [0.1, 0.15) is 24.8 Å². The third kappa shape index (κ3) is 4.18. The number of rotatable bonds is 6. The lowest BCUT2D eigenvalue weighted by Gasteiger charge is -2.36. The fourth-order valence-corrected chi connectivity index (χ4v) is 2.65. The summed E-state index contributed by atoms with van der Waals surface area (Å²) >= 11 is 0. The SMILES string of the molecule is Cc1cccnc1N1CCN(CCCCCN)CC1. The monoisotopic (exact) mass is 262 g/mol. The molecule has 1 aliphatic rings. The highest BCUT2D eigenvalue weighted by Gasteiger charge is 2.18. The summed E-state index contributed by atoms with van der Waals surface area (Å²) in [6.45, 7) is 8.67. The van der Waals surface area contributed by atoms with Gasteiger partial charge in [-0.25, -0.2) is 4.98 Å². The van der Waals surface area contributed by atoms with Crippen molar-refractivity contribution in [2.75, 3.05) is 44.2 Å². The van der Waals surface area contributed by atoms with Crippen molar-refractivity contribution in [1.82, 2.24) is 9.88 Å². The van der Waals surface area contributed by atoms with E-state index in [1.165, 1.54) is 24.9 Å². The van der Waals surface area contributed by atoms with Crippen molar-refractivity contribution in [3.63, 3.8) is 0 Å². The van der Waals surface area contributed by atoms with Crippen molar-refractivity contribution < 1.29 is 0 Å². The van der Waals surface area contributed by atoms with E-state index in [1.54, 1.807) is 0 Å². The van der Waals surface area contributed by atoms with Gasteiger partial charge < -0.3 is 10.6 Å². The molecule has 0 spiro atoms. The summed E-state index contributed by atoms with van der Waals surface area (Å²) in [7, 11) is 0. The molecule has 106 valence electrons. The number of anilines is 1. The van der Waals surface area contributed by atoms with Crippen molar-refractivity contribution >= 4 is 5.82 Å². The van der Waals surface area contributed by atoms with Gasteiger partial charge in [-0.05, 0) is 44.5 Å². The molecule has 4 nitrogen and oxygen atoms in total. The molecule has 0 aliphatic carbocycles. The highest BCUT2D eigenvalue weighted by Crippen LogP contribution is 2.17. The van der Waals surface area contributed by atoms with E-state index in [1.807, 2.05) is 12.3 Å². The number of aryl methyl sites for hydroxylation is 1. The number of hydrogen-bond donors (Lipinski definition) is 1. The van der Waals surface area contributed by atoms with E-state index in [4.69, 9.17) is 5.73 Å². The first-order valence-electron chi connectivity index (χ1n) is 7.40. The maximum absolute atomic E-state index is 5.52. The molecule has 1 aliphatic heterocycles. The Morgan fingerprint density at radius 3 is 2.63 bits per heavy atom. The second-order valence-electron chi connectivity index (χ2n) is 5.32. The summed E-state index contributed by atoms with van der Waals surface area (Å²) < 4.78 is 0. The number of piperazine rings is 1. The molecule has 0 atom stereocenters. The fourth-order valence-electron chi connectivity index (χ4n) is 2.65. The summed E-state index contributed by atoms with van der Waals surface area (Å²) in [4.78, 5) is 9.48. The minimum absolute atomic E-state index is 0.826. The Labute approximate surface area is 116 Å². The van der Waals surface area contributed by atoms with Gasteiger partial charge in [-0.15, -0.1) is 0 Å². The molecule has 0 aromatic carbocycles. The summed E-state index contributed by atoms with van der Waals surface area (Å²) in [6, 6.07) is 4.15. The first-order chi connectivity index (χ1) is 9.31. The molecule has 1 aromatic rings. The topological polar surface area (TPSA) is 45.4 Å². The average Bonchev–Trinajstić information content (AvgIpc) is 2.45. The zero-order valence-corrected chi connectivity index (χ0v) is 12.0. The Morgan fingerprint density at radius 1 is 1.16 bits per heavy atom. The third-order valence-electron chi connectivity index (χ3n) is 3.83. The predicted molar refractivity (Wildman–Crippen MR) is 80.5 cm³/mol. The van der Waals surface area contributed by atoms with Crippen LogP contribution in [0, 0.1) is 6.92 Å². The Hall–Kier alpha value is -1.13. The summed E-state index contributed by atoms with van der Waals surface area (Å²) in [5, 5.41) is 0. The lowest BCUT2D eigenvalue weighted by atomic mass is 10.2. The zero-order valence-electron chi connectivity index (χ0n) is 12.0. The number of nitrogens with two attached hydrogens (primary N) is 1. The van der Waals surface area contributed by atoms with Crippen LogP contribution in [0.15, 0.2) is 18.3 Å². The number of unbranched alkanes of at least 4 members (excludes halogenated alkanes) is 2. The van der Waals surface area contributed by atoms with Gasteiger partial charge in [0.1, 0.15) is 5.82 Å². The Balaban J connectivity index is 1.75. The average molecular weight is 262 g/mol. The molecule has 19 heavy (non-hydrogen) atoms. The maximum Gasteiger partial charge on any atom is 0.131 e. The molecule has 1 fully saturated rings. The minimum atomic E-state index is 0.826. The molecule has 2 rings (SSSR count). The van der Waals surface area contributed by atoms with Crippen LogP contribution in [-0.2, 0) is 0 Å². The number of hydrogen-bond acceptors (Lipinski definition) is 4. The highest BCUT2D eigenvalue weighted by molar-refractivity contribution is 5.46. The Kier molecular flexibility index (Phi) is 5.61. The maximum atomic E-state index is 5.52. The van der Waals surface area contributed by atoms with Crippen molar-refractivity contribution in [3.8, 4) is 0 Å². The quantitative estimate of drug-likeness (QED) is 0.792. The van der Waals surface area contributed by atoms with Crippen molar-refractivity contribution in [2.24, 2.45) is 5.73 Å². The van der Waals surface area contributed by atoms with Crippen molar-refractivity contribution in [3.05, 3.63) is 23.9 Å². The van der Waals surface area contributed by atoms with Crippen molar-refractivity contribution in [1.29, 1.82) is 0 Å². The molecule has 0 unspecified atom stereocenters. The van der Waals surface area contributed by atoms with E-state index in [9.17, 15) is 0 Å². The summed E-state index contributed by atoms with van der Waals surface area (Å²) in [6.07, 6.45) is 5.59.